The van der Waals surface area contributed by atoms with Gasteiger partial charge in [-0.3, -0.25) is 9.59 Å². The number of thiophene rings is 1. The number of hydrogen-bond acceptors (Lipinski definition) is 4. The Bertz CT molecular complexity index is 713. The third-order valence-corrected chi connectivity index (χ3v) is 4.62. The number of carbonyl (C=O) groups excluding carboxylic acids is 2. The zero-order valence-corrected chi connectivity index (χ0v) is 13.7. The van der Waals surface area contributed by atoms with Gasteiger partial charge in [-0.15, -0.1) is 11.3 Å². The number of carbonyl (C=O) groups is 2. The first-order chi connectivity index (χ1) is 11.2. The topological polar surface area (TPSA) is 58.6 Å². The first-order valence-corrected chi connectivity index (χ1v) is 8.30. The van der Waals surface area contributed by atoms with Crippen molar-refractivity contribution < 1.29 is 14.3 Å². The smallest absolute Gasteiger partial charge is 0.252 e. The summed E-state index contributed by atoms with van der Waals surface area (Å²) in [4.78, 5) is 26.9. The zero-order valence-electron chi connectivity index (χ0n) is 12.9. The van der Waals surface area contributed by atoms with Crippen LogP contribution >= 0.6 is 11.3 Å². The molecule has 5 nitrogen and oxygen atoms in total. The van der Waals surface area contributed by atoms with Crippen molar-refractivity contribution in [3.05, 3.63) is 46.2 Å². The second-order valence-electron chi connectivity index (χ2n) is 5.38. The number of amides is 2. The number of methoxy groups -OCH3 is 1. The Hall–Kier alpha value is -2.18. The molecule has 0 spiro atoms. The number of nitrogens with one attached hydrogen (secondary N) is 1. The maximum atomic E-state index is 12.1. The summed E-state index contributed by atoms with van der Waals surface area (Å²) in [6.45, 7) is 0.721. The quantitative estimate of drug-likeness (QED) is 0.916. The number of ether oxygens (including phenoxy) is 1. The van der Waals surface area contributed by atoms with Crippen LogP contribution in [0.15, 0.2) is 35.7 Å². The number of hydrogen-bond donors (Lipinski definition) is 1. The summed E-state index contributed by atoms with van der Waals surface area (Å²) in [5.41, 5.74) is 2.69. The van der Waals surface area contributed by atoms with Crippen molar-refractivity contribution >= 4 is 34.5 Å². The van der Waals surface area contributed by atoms with E-state index >= 15 is 0 Å². The van der Waals surface area contributed by atoms with Gasteiger partial charge in [-0.05, 0) is 35.6 Å². The van der Waals surface area contributed by atoms with Crippen molar-refractivity contribution in [2.75, 3.05) is 30.5 Å². The fourth-order valence-corrected chi connectivity index (χ4v) is 3.40. The van der Waals surface area contributed by atoms with Gasteiger partial charge in [0, 0.05) is 29.9 Å². The summed E-state index contributed by atoms with van der Waals surface area (Å²) < 4.78 is 4.92. The molecule has 1 N–H and O–H groups in total. The Morgan fingerprint density at radius 3 is 2.96 bits per heavy atom. The van der Waals surface area contributed by atoms with E-state index in [4.69, 9.17) is 4.74 Å². The van der Waals surface area contributed by atoms with Crippen LogP contribution in [0.1, 0.15) is 10.4 Å². The van der Waals surface area contributed by atoms with Crippen LogP contribution < -0.4 is 10.2 Å². The van der Waals surface area contributed by atoms with E-state index in [0.29, 0.717) is 18.7 Å². The molecule has 3 rings (SSSR count). The molecule has 6 heteroatoms. The lowest BCUT2D eigenvalue weighted by Gasteiger charge is -2.17. The van der Waals surface area contributed by atoms with Crippen LogP contribution in [0.3, 0.4) is 0 Å². The van der Waals surface area contributed by atoms with Gasteiger partial charge in [0.2, 0.25) is 5.91 Å². The molecule has 0 aliphatic carbocycles. The summed E-state index contributed by atoms with van der Waals surface area (Å²) in [5, 5.41) is 4.86. The highest BCUT2D eigenvalue weighted by atomic mass is 32.1. The monoisotopic (exact) mass is 330 g/mol. The first kappa shape index (κ1) is 15.7. The predicted molar refractivity (Wildman–Crippen MR) is 91.0 cm³/mol. The van der Waals surface area contributed by atoms with Crippen LogP contribution in [-0.4, -0.2) is 32.1 Å². The van der Waals surface area contributed by atoms with Crippen LogP contribution in [0.5, 0.6) is 0 Å². The molecule has 0 unspecified atom stereocenters. The average molecular weight is 330 g/mol. The average Bonchev–Trinajstić information content (AvgIpc) is 3.16. The summed E-state index contributed by atoms with van der Waals surface area (Å²) in [5.74, 6) is -0.117. The molecule has 0 radical (unpaired) electrons. The largest absolute Gasteiger partial charge is 0.375 e. The molecule has 23 heavy (non-hydrogen) atoms. The van der Waals surface area contributed by atoms with E-state index in [-0.39, 0.29) is 18.4 Å². The van der Waals surface area contributed by atoms with Crippen molar-refractivity contribution in [1.29, 1.82) is 0 Å². The van der Waals surface area contributed by atoms with Crippen molar-refractivity contribution in [3.63, 3.8) is 0 Å². The van der Waals surface area contributed by atoms with E-state index in [1.165, 1.54) is 7.11 Å². The highest BCUT2D eigenvalue weighted by Crippen LogP contribution is 2.31. The van der Waals surface area contributed by atoms with Gasteiger partial charge in [0.05, 0.1) is 6.42 Å². The molecular weight excluding hydrogens is 312 g/mol. The van der Waals surface area contributed by atoms with Gasteiger partial charge in [-0.25, -0.2) is 0 Å². The summed E-state index contributed by atoms with van der Waals surface area (Å²) >= 11 is 1.56. The van der Waals surface area contributed by atoms with Crippen LogP contribution in [0.2, 0.25) is 0 Å². The van der Waals surface area contributed by atoms with Crippen molar-refractivity contribution in [2.45, 2.75) is 12.8 Å². The highest BCUT2D eigenvalue weighted by molar-refractivity contribution is 7.10. The Morgan fingerprint density at radius 1 is 1.35 bits per heavy atom. The fraction of sp³-hybridized carbons (Fsp3) is 0.294. The molecule has 0 fully saturated rings. The lowest BCUT2D eigenvalue weighted by Crippen LogP contribution is -2.32. The second kappa shape index (κ2) is 6.93. The highest BCUT2D eigenvalue weighted by Gasteiger charge is 2.24. The van der Waals surface area contributed by atoms with E-state index < -0.39 is 0 Å². The second-order valence-corrected chi connectivity index (χ2v) is 6.41. The molecule has 1 aliphatic rings. The maximum Gasteiger partial charge on any atom is 0.252 e. The molecule has 0 bridgehead atoms. The van der Waals surface area contributed by atoms with Crippen LogP contribution in [0, 0.1) is 0 Å². The lowest BCUT2D eigenvalue weighted by molar-refractivity contribution is -0.122. The van der Waals surface area contributed by atoms with E-state index in [1.807, 2.05) is 35.7 Å². The van der Waals surface area contributed by atoms with Crippen molar-refractivity contribution in [1.82, 2.24) is 0 Å². The number of benzene rings is 1. The first-order valence-electron chi connectivity index (χ1n) is 7.42. The molecule has 2 amide bonds. The minimum atomic E-state index is -0.0617. The Kier molecular flexibility index (Phi) is 4.73. The summed E-state index contributed by atoms with van der Waals surface area (Å²) in [7, 11) is 1.51. The van der Waals surface area contributed by atoms with E-state index in [9.17, 15) is 9.59 Å². The molecule has 0 saturated carbocycles. The maximum absolute atomic E-state index is 12.1. The molecule has 0 saturated heterocycles. The van der Waals surface area contributed by atoms with Gasteiger partial charge >= 0.3 is 0 Å². The number of nitrogens with zero attached hydrogens (tertiary/aromatic N) is 1. The number of rotatable bonds is 5. The third-order valence-electron chi connectivity index (χ3n) is 3.75. The predicted octanol–water partition coefficient (Wildman–Crippen LogP) is 2.46. The molecular formula is C17H18N2O3S. The minimum absolute atomic E-state index is 0.0554. The molecule has 1 aromatic heterocycles. The van der Waals surface area contributed by atoms with Crippen LogP contribution in [0.25, 0.3) is 0 Å². The van der Waals surface area contributed by atoms with Crippen molar-refractivity contribution in [3.8, 4) is 0 Å². The molecule has 0 atom stereocenters. The zero-order chi connectivity index (χ0) is 16.2. The fourth-order valence-electron chi connectivity index (χ4n) is 2.69. The van der Waals surface area contributed by atoms with Gasteiger partial charge in [0.25, 0.3) is 5.91 Å². The van der Waals surface area contributed by atoms with Gasteiger partial charge < -0.3 is 15.0 Å². The van der Waals surface area contributed by atoms with Gasteiger partial charge in [-0.1, -0.05) is 12.1 Å². The van der Waals surface area contributed by atoms with Gasteiger partial charge in [0.1, 0.15) is 6.61 Å². The minimum Gasteiger partial charge on any atom is -0.375 e. The SMILES string of the molecule is COCC(=O)N1CCc2ccc(NC(=O)Cc3cccs3)cc21. The standard InChI is InChI=1S/C17H18N2O3S/c1-22-11-17(21)19-7-6-12-4-5-13(9-15(12)19)18-16(20)10-14-3-2-8-23-14/h2-5,8-9H,6-7,10-11H2,1H3,(H,18,20). The number of fused-ring (bicyclic) bond motifs is 1. The summed E-state index contributed by atoms with van der Waals surface area (Å²) in [6.07, 6.45) is 1.19. The third kappa shape index (κ3) is 3.60. The van der Waals surface area contributed by atoms with E-state index in [2.05, 4.69) is 5.32 Å². The van der Waals surface area contributed by atoms with Crippen LogP contribution in [-0.2, 0) is 27.2 Å². The van der Waals surface area contributed by atoms with Crippen LogP contribution in [0.4, 0.5) is 11.4 Å². The van der Waals surface area contributed by atoms with E-state index in [1.54, 1.807) is 16.2 Å². The summed E-state index contributed by atoms with van der Waals surface area (Å²) in [6, 6.07) is 9.59. The number of anilines is 2. The Balaban J connectivity index is 1.71. The Morgan fingerprint density at radius 2 is 2.22 bits per heavy atom. The van der Waals surface area contributed by atoms with Gasteiger partial charge in [-0.2, -0.15) is 0 Å². The normalized spacial score (nSPS) is 13.0. The molecule has 2 heterocycles. The molecule has 1 aliphatic heterocycles. The van der Waals surface area contributed by atoms with Gasteiger partial charge in [0.15, 0.2) is 0 Å². The van der Waals surface area contributed by atoms with Crippen molar-refractivity contribution in [2.24, 2.45) is 0 Å². The molecule has 2 aromatic rings. The van der Waals surface area contributed by atoms with E-state index in [0.717, 1.165) is 22.5 Å². The molecule has 120 valence electrons. The Labute approximate surface area is 138 Å². The molecule has 1 aromatic carbocycles. The lowest BCUT2D eigenvalue weighted by atomic mass is 10.1.